The van der Waals surface area contributed by atoms with Crippen molar-refractivity contribution >= 4 is 33.0 Å². The summed E-state index contributed by atoms with van der Waals surface area (Å²) >= 11 is 4.44. The Kier molecular flexibility index (Phi) is 4.58. The van der Waals surface area contributed by atoms with Crippen LogP contribution in [0, 0.1) is 10.1 Å². The molecular weight excluding hydrogens is 296 g/mol. The molecule has 0 saturated heterocycles. The van der Waals surface area contributed by atoms with Crippen molar-refractivity contribution in [2.24, 2.45) is 5.73 Å². The first-order chi connectivity index (χ1) is 8.77. The Morgan fingerprint density at radius 2 is 2.16 bits per heavy atom. The molecule has 0 heterocycles. The largest absolute Gasteiger partial charge is 0.495 e. The minimum atomic E-state index is -4.11. The molecule has 1 rings (SSSR count). The van der Waals surface area contributed by atoms with E-state index < -0.39 is 25.5 Å². The predicted octanol–water partition coefficient (Wildman–Crippen LogP) is -0.370. The third kappa shape index (κ3) is 3.74. The number of ether oxygens (including phenoxy) is 1. The highest BCUT2D eigenvalue weighted by Crippen LogP contribution is 2.27. The molecule has 104 valence electrons. The average molecular weight is 306 g/mol. The maximum atomic E-state index is 11.9. The molecule has 0 spiro atoms. The maximum absolute atomic E-state index is 11.9. The van der Waals surface area contributed by atoms with Crippen LogP contribution in [0.3, 0.4) is 0 Å². The second-order valence-corrected chi connectivity index (χ2v) is 5.28. The monoisotopic (exact) mass is 306 g/mol. The number of nitrogens with one attached hydrogen (secondary N) is 2. The van der Waals surface area contributed by atoms with Crippen molar-refractivity contribution in [3.05, 3.63) is 28.3 Å². The minimum Gasteiger partial charge on any atom is -0.495 e. The van der Waals surface area contributed by atoms with Gasteiger partial charge >= 0.3 is 0 Å². The molecule has 11 heteroatoms. The number of nitrogens with two attached hydrogens (primary N) is 1. The number of sulfonamides is 1. The van der Waals surface area contributed by atoms with Crippen LogP contribution in [-0.4, -0.2) is 25.6 Å². The normalized spacial score (nSPS) is 10.8. The van der Waals surface area contributed by atoms with Gasteiger partial charge in [-0.25, -0.2) is 8.42 Å². The second-order valence-electron chi connectivity index (χ2n) is 3.19. The highest BCUT2D eigenvalue weighted by atomic mass is 32.2. The van der Waals surface area contributed by atoms with Crippen LogP contribution in [0.4, 0.5) is 5.69 Å². The molecule has 19 heavy (non-hydrogen) atoms. The first-order valence-electron chi connectivity index (χ1n) is 4.67. The van der Waals surface area contributed by atoms with Crippen LogP contribution in [0.25, 0.3) is 0 Å². The Morgan fingerprint density at radius 1 is 1.53 bits per heavy atom. The number of nitrogens with zero attached hydrogens (tertiary/aromatic N) is 1. The van der Waals surface area contributed by atoms with E-state index >= 15 is 0 Å². The van der Waals surface area contributed by atoms with E-state index in [1.807, 2.05) is 10.3 Å². The van der Waals surface area contributed by atoms with Gasteiger partial charge in [0.25, 0.3) is 15.7 Å². The van der Waals surface area contributed by atoms with Gasteiger partial charge in [0.05, 0.1) is 12.0 Å². The van der Waals surface area contributed by atoms with E-state index in [4.69, 9.17) is 10.5 Å². The minimum absolute atomic E-state index is 0.0529. The number of hydrogen-bond donors (Lipinski definition) is 3. The van der Waals surface area contributed by atoms with Crippen molar-refractivity contribution < 1.29 is 18.1 Å². The first-order valence-corrected chi connectivity index (χ1v) is 6.56. The van der Waals surface area contributed by atoms with Crippen molar-refractivity contribution in [2.45, 2.75) is 4.90 Å². The van der Waals surface area contributed by atoms with Gasteiger partial charge in [-0.3, -0.25) is 15.5 Å². The van der Waals surface area contributed by atoms with Gasteiger partial charge in [0.2, 0.25) is 0 Å². The predicted molar refractivity (Wildman–Crippen MR) is 69.9 cm³/mol. The number of rotatable bonds is 5. The number of nitro groups is 1. The lowest BCUT2D eigenvalue weighted by molar-refractivity contribution is -0.385. The molecule has 0 aliphatic heterocycles. The van der Waals surface area contributed by atoms with Gasteiger partial charge < -0.3 is 10.5 Å². The van der Waals surface area contributed by atoms with Crippen LogP contribution in [-0.2, 0) is 10.0 Å². The highest BCUT2D eigenvalue weighted by molar-refractivity contribution is 7.89. The van der Waals surface area contributed by atoms with Crippen molar-refractivity contribution in [3.8, 4) is 5.75 Å². The van der Waals surface area contributed by atoms with Crippen LogP contribution in [0.1, 0.15) is 0 Å². The van der Waals surface area contributed by atoms with E-state index in [-0.39, 0.29) is 10.9 Å². The van der Waals surface area contributed by atoms with E-state index in [1.165, 1.54) is 13.2 Å². The summed E-state index contributed by atoms with van der Waals surface area (Å²) in [5.74, 6) is -0.0529. The summed E-state index contributed by atoms with van der Waals surface area (Å²) in [6.07, 6.45) is 0. The lowest BCUT2D eigenvalue weighted by Gasteiger charge is -2.10. The van der Waals surface area contributed by atoms with Gasteiger partial charge in [-0.2, -0.15) is 0 Å². The third-order valence-corrected chi connectivity index (χ3v) is 3.33. The number of non-ortho nitro benzene ring substituents is 1. The summed E-state index contributed by atoms with van der Waals surface area (Å²) in [7, 11) is -2.87. The fourth-order valence-electron chi connectivity index (χ4n) is 1.16. The van der Waals surface area contributed by atoms with E-state index in [1.54, 1.807) is 0 Å². The zero-order chi connectivity index (χ0) is 14.6. The lowest BCUT2D eigenvalue weighted by Crippen LogP contribution is -2.44. The van der Waals surface area contributed by atoms with Gasteiger partial charge in [-0.15, -0.1) is 4.83 Å². The van der Waals surface area contributed by atoms with Gasteiger partial charge in [0, 0.05) is 12.1 Å². The molecule has 0 fully saturated rings. The molecule has 0 bridgehead atoms. The summed E-state index contributed by atoms with van der Waals surface area (Å²) in [5, 5.41) is 10.3. The molecule has 1 aromatic rings. The fourth-order valence-corrected chi connectivity index (χ4v) is 2.32. The van der Waals surface area contributed by atoms with E-state index in [0.29, 0.717) is 0 Å². The number of methoxy groups -OCH3 is 1. The van der Waals surface area contributed by atoms with Gasteiger partial charge in [0.15, 0.2) is 5.11 Å². The van der Waals surface area contributed by atoms with Gasteiger partial charge in [-0.05, 0) is 18.3 Å². The summed E-state index contributed by atoms with van der Waals surface area (Å²) < 4.78 is 28.6. The quantitative estimate of drug-likeness (QED) is 0.381. The molecular formula is C8H10N4O5S2. The summed E-state index contributed by atoms with van der Waals surface area (Å²) in [4.78, 5) is 11.4. The Labute approximate surface area is 113 Å². The number of nitro benzene ring substituents is 1. The fraction of sp³-hybridized carbons (Fsp3) is 0.125. The first kappa shape index (κ1) is 15.1. The Hall–Kier alpha value is -1.98. The van der Waals surface area contributed by atoms with Gasteiger partial charge in [0.1, 0.15) is 10.6 Å². The Morgan fingerprint density at radius 3 is 2.63 bits per heavy atom. The van der Waals surface area contributed by atoms with E-state index in [0.717, 1.165) is 12.1 Å². The molecule has 0 saturated carbocycles. The molecule has 4 N–H and O–H groups in total. The molecule has 0 radical (unpaired) electrons. The standard InChI is InChI=1S/C8H10N4O5S2/c1-17-6-3-2-5(12(13)14)4-7(6)19(15,16)11-10-8(9)18/h2-4,11H,1H3,(H3,9,10,18). The molecule has 0 atom stereocenters. The van der Waals surface area contributed by atoms with Crippen LogP contribution in [0.5, 0.6) is 5.75 Å². The average Bonchev–Trinajstić information content (AvgIpc) is 2.35. The summed E-state index contributed by atoms with van der Waals surface area (Å²) in [6.45, 7) is 0. The van der Waals surface area contributed by atoms with Crippen molar-refractivity contribution in [1.82, 2.24) is 10.3 Å². The Balaban J connectivity index is 3.26. The van der Waals surface area contributed by atoms with Crippen molar-refractivity contribution in [2.75, 3.05) is 7.11 Å². The summed E-state index contributed by atoms with van der Waals surface area (Å²) in [6, 6.07) is 3.16. The molecule has 1 aromatic carbocycles. The van der Waals surface area contributed by atoms with E-state index in [2.05, 4.69) is 12.2 Å². The molecule has 0 amide bonds. The van der Waals surface area contributed by atoms with Gasteiger partial charge in [-0.1, -0.05) is 0 Å². The lowest BCUT2D eigenvalue weighted by atomic mass is 10.3. The number of thiocarbonyl (C=S) groups is 1. The van der Waals surface area contributed by atoms with Crippen LogP contribution in [0.15, 0.2) is 23.1 Å². The SMILES string of the molecule is COc1ccc([N+](=O)[O-])cc1S(=O)(=O)NNC(N)=S. The maximum Gasteiger partial charge on any atom is 0.271 e. The Bertz CT molecular complexity index is 616. The highest BCUT2D eigenvalue weighted by Gasteiger charge is 2.23. The molecule has 0 unspecified atom stereocenters. The smallest absolute Gasteiger partial charge is 0.271 e. The van der Waals surface area contributed by atoms with Crippen LogP contribution < -0.4 is 20.7 Å². The van der Waals surface area contributed by atoms with E-state index in [9.17, 15) is 18.5 Å². The van der Waals surface area contributed by atoms with Crippen molar-refractivity contribution in [1.29, 1.82) is 0 Å². The van der Waals surface area contributed by atoms with Crippen LogP contribution >= 0.6 is 12.2 Å². The zero-order valence-electron chi connectivity index (χ0n) is 9.61. The number of benzene rings is 1. The topological polar surface area (TPSA) is 137 Å². The van der Waals surface area contributed by atoms with Crippen molar-refractivity contribution in [3.63, 3.8) is 0 Å². The molecule has 0 aliphatic carbocycles. The molecule has 0 aliphatic rings. The number of hydrazine groups is 1. The molecule has 9 nitrogen and oxygen atoms in total. The molecule has 0 aromatic heterocycles. The second kappa shape index (κ2) is 5.77. The summed E-state index contributed by atoms with van der Waals surface area (Å²) in [5.41, 5.74) is 6.72. The number of hydrogen-bond acceptors (Lipinski definition) is 6. The zero-order valence-corrected chi connectivity index (χ0v) is 11.2. The third-order valence-electron chi connectivity index (χ3n) is 1.96. The van der Waals surface area contributed by atoms with Crippen LogP contribution in [0.2, 0.25) is 0 Å².